The summed E-state index contributed by atoms with van der Waals surface area (Å²) in [5.74, 6) is -0.295. The largest absolute Gasteiger partial charge is 0.343 e. The quantitative estimate of drug-likeness (QED) is 0.886. The van der Waals surface area contributed by atoms with Gasteiger partial charge in [0.25, 0.3) is 5.91 Å². The molecule has 0 aliphatic rings. The van der Waals surface area contributed by atoms with Crippen molar-refractivity contribution in [2.24, 2.45) is 0 Å². The van der Waals surface area contributed by atoms with Gasteiger partial charge in [-0.3, -0.25) is 14.6 Å². The van der Waals surface area contributed by atoms with Crippen LogP contribution < -0.4 is 5.32 Å². The van der Waals surface area contributed by atoms with Crippen LogP contribution in [0.15, 0.2) is 18.5 Å². The van der Waals surface area contributed by atoms with Crippen LogP contribution in [0.25, 0.3) is 0 Å². The fraction of sp³-hybridized carbons (Fsp3) is 0.364. The number of H-pyrrole nitrogens is 1. The zero-order valence-corrected chi connectivity index (χ0v) is 10.9. The SMILES string of the molecule is CCn1ccc(C(C)NC(=O)c2[nH]ncc2Cl)n1. The number of carbonyl (C=O) groups is 1. The smallest absolute Gasteiger partial charge is 0.271 e. The van der Waals surface area contributed by atoms with Gasteiger partial charge in [0.2, 0.25) is 0 Å². The third-order valence-electron chi connectivity index (χ3n) is 2.60. The maximum Gasteiger partial charge on any atom is 0.271 e. The van der Waals surface area contributed by atoms with E-state index < -0.39 is 0 Å². The third kappa shape index (κ3) is 2.53. The summed E-state index contributed by atoms with van der Waals surface area (Å²) in [7, 11) is 0. The van der Waals surface area contributed by atoms with Gasteiger partial charge >= 0.3 is 0 Å². The molecule has 0 saturated carbocycles. The van der Waals surface area contributed by atoms with Crippen molar-refractivity contribution < 1.29 is 4.79 Å². The maximum atomic E-state index is 11.9. The van der Waals surface area contributed by atoms with E-state index in [1.165, 1.54) is 6.20 Å². The summed E-state index contributed by atoms with van der Waals surface area (Å²) in [6, 6.07) is 1.69. The van der Waals surface area contributed by atoms with Crippen molar-refractivity contribution in [3.63, 3.8) is 0 Å². The number of carbonyl (C=O) groups excluding carboxylic acids is 1. The Morgan fingerprint density at radius 3 is 3.00 bits per heavy atom. The van der Waals surface area contributed by atoms with Gasteiger partial charge in [0.05, 0.1) is 23.0 Å². The van der Waals surface area contributed by atoms with Crippen molar-refractivity contribution in [2.45, 2.75) is 26.4 Å². The molecule has 7 heteroatoms. The van der Waals surface area contributed by atoms with Crippen LogP contribution in [-0.4, -0.2) is 25.9 Å². The Balaban J connectivity index is 2.05. The lowest BCUT2D eigenvalue weighted by Gasteiger charge is -2.10. The van der Waals surface area contributed by atoms with E-state index in [0.29, 0.717) is 5.02 Å². The number of hydrogen-bond acceptors (Lipinski definition) is 3. The molecule has 2 heterocycles. The highest BCUT2D eigenvalue weighted by Crippen LogP contribution is 2.14. The normalized spacial score (nSPS) is 12.4. The summed E-state index contributed by atoms with van der Waals surface area (Å²) in [6.45, 7) is 4.67. The fourth-order valence-electron chi connectivity index (χ4n) is 1.56. The van der Waals surface area contributed by atoms with Gasteiger partial charge in [-0.25, -0.2) is 0 Å². The highest BCUT2D eigenvalue weighted by Gasteiger charge is 2.17. The summed E-state index contributed by atoms with van der Waals surface area (Å²) in [5, 5.41) is 13.7. The molecule has 0 aliphatic carbocycles. The molecule has 18 heavy (non-hydrogen) atoms. The van der Waals surface area contributed by atoms with Gasteiger partial charge in [-0.2, -0.15) is 10.2 Å². The number of amides is 1. The lowest BCUT2D eigenvalue weighted by atomic mass is 10.2. The van der Waals surface area contributed by atoms with E-state index in [4.69, 9.17) is 11.6 Å². The molecule has 96 valence electrons. The summed E-state index contributed by atoms with van der Waals surface area (Å²) >= 11 is 5.82. The minimum absolute atomic E-state index is 0.190. The van der Waals surface area contributed by atoms with Crippen LogP contribution in [0.1, 0.15) is 36.1 Å². The van der Waals surface area contributed by atoms with E-state index in [9.17, 15) is 4.79 Å². The molecule has 0 fully saturated rings. The molecule has 1 amide bonds. The molecule has 0 spiro atoms. The van der Waals surface area contributed by atoms with Crippen LogP contribution in [0.2, 0.25) is 5.02 Å². The molecule has 0 saturated heterocycles. The van der Waals surface area contributed by atoms with E-state index in [2.05, 4.69) is 20.6 Å². The standard InChI is InChI=1S/C11H14ClN5O/c1-3-17-5-4-9(16-17)7(2)14-11(18)10-8(12)6-13-15-10/h4-7H,3H2,1-2H3,(H,13,15)(H,14,18). The second kappa shape index (κ2) is 5.22. The Bertz CT molecular complexity index is 547. The number of hydrogen-bond donors (Lipinski definition) is 2. The molecule has 2 aromatic rings. The Labute approximate surface area is 109 Å². The van der Waals surface area contributed by atoms with Crippen molar-refractivity contribution in [2.75, 3.05) is 0 Å². The number of aromatic nitrogens is 4. The Hall–Kier alpha value is -1.82. The molecule has 2 rings (SSSR count). The topological polar surface area (TPSA) is 75.6 Å². The van der Waals surface area contributed by atoms with Crippen molar-refractivity contribution in [1.82, 2.24) is 25.3 Å². The highest BCUT2D eigenvalue weighted by atomic mass is 35.5. The average molecular weight is 268 g/mol. The molecule has 0 aliphatic heterocycles. The second-order valence-electron chi connectivity index (χ2n) is 3.88. The average Bonchev–Trinajstić information content (AvgIpc) is 2.96. The van der Waals surface area contributed by atoms with Crippen molar-refractivity contribution in [1.29, 1.82) is 0 Å². The number of nitrogens with one attached hydrogen (secondary N) is 2. The Kier molecular flexibility index (Phi) is 3.66. The van der Waals surface area contributed by atoms with Crippen LogP contribution in [0, 0.1) is 0 Å². The van der Waals surface area contributed by atoms with Gasteiger partial charge in [0, 0.05) is 12.7 Å². The Morgan fingerprint density at radius 1 is 1.67 bits per heavy atom. The third-order valence-corrected chi connectivity index (χ3v) is 2.88. The summed E-state index contributed by atoms with van der Waals surface area (Å²) < 4.78 is 1.81. The van der Waals surface area contributed by atoms with Gasteiger partial charge in [-0.15, -0.1) is 0 Å². The van der Waals surface area contributed by atoms with Crippen LogP contribution in [0.5, 0.6) is 0 Å². The number of aromatic amines is 1. The molecule has 2 N–H and O–H groups in total. The van der Waals surface area contributed by atoms with Crippen molar-refractivity contribution in [3.05, 3.63) is 34.9 Å². The molecule has 0 aromatic carbocycles. The minimum Gasteiger partial charge on any atom is -0.343 e. The van der Waals surface area contributed by atoms with Gasteiger partial charge < -0.3 is 5.32 Å². The number of aryl methyl sites for hydroxylation is 1. The second-order valence-corrected chi connectivity index (χ2v) is 4.29. The lowest BCUT2D eigenvalue weighted by molar-refractivity contribution is 0.0934. The molecular weight excluding hydrogens is 254 g/mol. The van der Waals surface area contributed by atoms with Gasteiger partial charge in [-0.05, 0) is 19.9 Å². The van der Waals surface area contributed by atoms with E-state index in [-0.39, 0.29) is 17.6 Å². The Morgan fingerprint density at radius 2 is 2.44 bits per heavy atom. The predicted octanol–water partition coefficient (Wildman–Crippen LogP) is 1.77. The van der Waals surface area contributed by atoms with Crippen molar-refractivity contribution in [3.8, 4) is 0 Å². The van der Waals surface area contributed by atoms with Gasteiger partial charge in [-0.1, -0.05) is 11.6 Å². The van der Waals surface area contributed by atoms with Gasteiger partial charge in [0.1, 0.15) is 5.69 Å². The first-order valence-electron chi connectivity index (χ1n) is 5.65. The molecular formula is C11H14ClN5O. The molecule has 2 aromatic heterocycles. The zero-order valence-electron chi connectivity index (χ0n) is 10.1. The van der Waals surface area contributed by atoms with Gasteiger partial charge in [0.15, 0.2) is 0 Å². The highest BCUT2D eigenvalue weighted by molar-refractivity contribution is 6.33. The zero-order chi connectivity index (χ0) is 13.1. The van der Waals surface area contributed by atoms with E-state index in [0.717, 1.165) is 12.2 Å². The van der Waals surface area contributed by atoms with E-state index in [1.807, 2.05) is 26.1 Å². The minimum atomic E-state index is -0.295. The summed E-state index contributed by atoms with van der Waals surface area (Å²) in [4.78, 5) is 11.9. The number of halogens is 1. The van der Waals surface area contributed by atoms with E-state index >= 15 is 0 Å². The first-order valence-corrected chi connectivity index (χ1v) is 6.02. The van der Waals surface area contributed by atoms with Crippen LogP contribution in [-0.2, 0) is 6.54 Å². The molecule has 0 bridgehead atoms. The molecule has 6 nitrogen and oxygen atoms in total. The summed E-state index contributed by atoms with van der Waals surface area (Å²) in [5.41, 5.74) is 1.07. The molecule has 0 radical (unpaired) electrons. The van der Waals surface area contributed by atoms with Crippen LogP contribution in [0.3, 0.4) is 0 Å². The molecule has 1 atom stereocenters. The monoisotopic (exact) mass is 267 g/mol. The van der Waals surface area contributed by atoms with Crippen LogP contribution >= 0.6 is 11.6 Å². The first-order chi connectivity index (χ1) is 8.61. The summed E-state index contributed by atoms with van der Waals surface area (Å²) in [6.07, 6.45) is 3.27. The number of rotatable bonds is 4. The molecule has 1 unspecified atom stereocenters. The number of nitrogens with zero attached hydrogens (tertiary/aromatic N) is 3. The fourth-order valence-corrected chi connectivity index (χ4v) is 1.73. The lowest BCUT2D eigenvalue weighted by Crippen LogP contribution is -2.27. The van der Waals surface area contributed by atoms with Crippen LogP contribution in [0.4, 0.5) is 0 Å². The van der Waals surface area contributed by atoms with E-state index in [1.54, 1.807) is 4.68 Å². The predicted molar refractivity (Wildman–Crippen MR) is 67.4 cm³/mol. The maximum absolute atomic E-state index is 11.9. The first kappa shape index (κ1) is 12.6. The van der Waals surface area contributed by atoms with Crippen molar-refractivity contribution >= 4 is 17.5 Å².